The first kappa shape index (κ1) is 14.7. The summed E-state index contributed by atoms with van der Waals surface area (Å²) >= 11 is 6.84. The standard InChI is InChI=1S/C13H17Br2NO/c1-3-7-16(8-6-14)13(17)11-5-4-10(2)9-12(11)15/h4-5,9H,3,6-8H2,1-2H3. The zero-order valence-corrected chi connectivity index (χ0v) is 13.3. The van der Waals surface area contributed by atoms with Crippen LogP contribution >= 0.6 is 31.9 Å². The maximum atomic E-state index is 12.3. The van der Waals surface area contributed by atoms with E-state index in [2.05, 4.69) is 38.8 Å². The van der Waals surface area contributed by atoms with Crippen LogP contribution in [0.25, 0.3) is 0 Å². The quantitative estimate of drug-likeness (QED) is 0.725. The lowest BCUT2D eigenvalue weighted by Crippen LogP contribution is -2.33. The second-order valence-corrected chi connectivity index (χ2v) is 5.61. The number of carbonyl (C=O) groups excluding carboxylic acids is 1. The SMILES string of the molecule is CCCN(CCBr)C(=O)c1ccc(C)cc1Br. The molecule has 4 heteroatoms. The van der Waals surface area contributed by atoms with Gasteiger partial charge in [-0.25, -0.2) is 0 Å². The zero-order chi connectivity index (χ0) is 12.8. The Morgan fingerprint density at radius 3 is 2.59 bits per heavy atom. The van der Waals surface area contributed by atoms with Crippen LogP contribution in [0.5, 0.6) is 0 Å². The van der Waals surface area contributed by atoms with Gasteiger partial charge in [-0.1, -0.05) is 28.9 Å². The average molecular weight is 363 g/mol. The van der Waals surface area contributed by atoms with E-state index >= 15 is 0 Å². The fourth-order valence-corrected chi connectivity index (χ4v) is 2.74. The van der Waals surface area contributed by atoms with E-state index in [4.69, 9.17) is 0 Å². The molecule has 0 fully saturated rings. The molecule has 1 aromatic carbocycles. The molecule has 0 radical (unpaired) electrons. The number of aryl methyl sites for hydroxylation is 1. The van der Waals surface area contributed by atoms with Crippen LogP contribution in [0.3, 0.4) is 0 Å². The minimum Gasteiger partial charge on any atom is -0.338 e. The lowest BCUT2D eigenvalue weighted by Gasteiger charge is -2.21. The van der Waals surface area contributed by atoms with E-state index in [0.717, 1.165) is 40.4 Å². The van der Waals surface area contributed by atoms with Crippen LogP contribution in [0.1, 0.15) is 29.3 Å². The second-order valence-electron chi connectivity index (χ2n) is 3.96. The van der Waals surface area contributed by atoms with Crippen molar-refractivity contribution in [3.63, 3.8) is 0 Å². The Morgan fingerprint density at radius 2 is 2.06 bits per heavy atom. The van der Waals surface area contributed by atoms with Crippen molar-refractivity contribution in [1.82, 2.24) is 4.90 Å². The van der Waals surface area contributed by atoms with Crippen molar-refractivity contribution in [2.45, 2.75) is 20.3 Å². The van der Waals surface area contributed by atoms with Crippen molar-refractivity contribution in [2.75, 3.05) is 18.4 Å². The van der Waals surface area contributed by atoms with Gasteiger partial charge in [0.05, 0.1) is 5.56 Å². The summed E-state index contributed by atoms with van der Waals surface area (Å²) in [6.45, 7) is 5.64. The first-order valence-corrected chi connectivity index (χ1v) is 7.63. The van der Waals surface area contributed by atoms with Gasteiger partial charge in [0.2, 0.25) is 0 Å². The monoisotopic (exact) mass is 361 g/mol. The first-order valence-electron chi connectivity index (χ1n) is 5.71. The molecule has 0 unspecified atom stereocenters. The Morgan fingerprint density at radius 1 is 1.35 bits per heavy atom. The topological polar surface area (TPSA) is 20.3 Å². The highest BCUT2D eigenvalue weighted by Gasteiger charge is 2.16. The minimum absolute atomic E-state index is 0.0955. The van der Waals surface area contributed by atoms with Gasteiger partial charge in [0.25, 0.3) is 5.91 Å². The smallest absolute Gasteiger partial charge is 0.255 e. The summed E-state index contributed by atoms with van der Waals surface area (Å²) in [5.74, 6) is 0.0955. The summed E-state index contributed by atoms with van der Waals surface area (Å²) in [5, 5.41) is 0.808. The maximum absolute atomic E-state index is 12.3. The van der Waals surface area contributed by atoms with Crippen molar-refractivity contribution >= 4 is 37.8 Å². The maximum Gasteiger partial charge on any atom is 0.255 e. The molecule has 0 N–H and O–H groups in total. The second kappa shape index (κ2) is 7.17. The van der Waals surface area contributed by atoms with Crippen molar-refractivity contribution in [3.8, 4) is 0 Å². The number of rotatable bonds is 5. The molecule has 1 amide bonds. The molecule has 1 aromatic rings. The van der Waals surface area contributed by atoms with E-state index in [1.54, 1.807) is 0 Å². The summed E-state index contributed by atoms with van der Waals surface area (Å²) in [4.78, 5) is 14.2. The Labute approximate surface area is 120 Å². The normalized spacial score (nSPS) is 10.4. The predicted octanol–water partition coefficient (Wildman–Crippen LogP) is 4.00. The molecule has 0 saturated heterocycles. The lowest BCUT2D eigenvalue weighted by molar-refractivity contribution is 0.0765. The predicted molar refractivity (Wildman–Crippen MR) is 78.9 cm³/mol. The van der Waals surface area contributed by atoms with Gasteiger partial charge in [-0.05, 0) is 47.0 Å². The Hall–Kier alpha value is -0.350. The van der Waals surface area contributed by atoms with E-state index in [1.807, 2.05) is 30.0 Å². The fourth-order valence-electron chi connectivity index (χ4n) is 1.65. The van der Waals surface area contributed by atoms with Crippen LogP contribution in [-0.4, -0.2) is 29.2 Å². The van der Waals surface area contributed by atoms with Crippen LogP contribution in [-0.2, 0) is 0 Å². The Bertz CT molecular complexity index is 387. The van der Waals surface area contributed by atoms with Crippen LogP contribution < -0.4 is 0 Å². The number of halogens is 2. The van der Waals surface area contributed by atoms with E-state index in [-0.39, 0.29) is 5.91 Å². The van der Waals surface area contributed by atoms with Crippen LogP contribution in [0.4, 0.5) is 0 Å². The molecule has 0 atom stereocenters. The summed E-state index contributed by atoms with van der Waals surface area (Å²) in [7, 11) is 0. The van der Waals surface area contributed by atoms with Crippen molar-refractivity contribution in [3.05, 3.63) is 33.8 Å². The highest BCUT2D eigenvalue weighted by molar-refractivity contribution is 9.10. The summed E-state index contributed by atoms with van der Waals surface area (Å²) < 4.78 is 0.873. The number of carbonyl (C=O) groups is 1. The van der Waals surface area contributed by atoms with Gasteiger partial charge in [0.15, 0.2) is 0 Å². The zero-order valence-electron chi connectivity index (χ0n) is 10.2. The first-order chi connectivity index (χ1) is 8.10. The molecule has 2 nitrogen and oxygen atoms in total. The number of hydrogen-bond donors (Lipinski definition) is 0. The van der Waals surface area contributed by atoms with Crippen LogP contribution in [0.15, 0.2) is 22.7 Å². The fraction of sp³-hybridized carbons (Fsp3) is 0.462. The van der Waals surface area contributed by atoms with Crippen molar-refractivity contribution in [2.24, 2.45) is 0 Å². The third kappa shape index (κ3) is 4.11. The Kier molecular flexibility index (Phi) is 6.20. The van der Waals surface area contributed by atoms with Crippen molar-refractivity contribution < 1.29 is 4.79 Å². The van der Waals surface area contributed by atoms with Gasteiger partial charge in [0.1, 0.15) is 0 Å². The lowest BCUT2D eigenvalue weighted by atomic mass is 10.1. The molecular formula is C13H17Br2NO. The van der Waals surface area contributed by atoms with Gasteiger partial charge in [0, 0.05) is 22.9 Å². The summed E-state index contributed by atoms with van der Waals surface area (Å²) in [6.07, 6.45) is 0.974. The van der Waals surface area contributed by atoms with Gasteiger partial charge >= 0.3 is 0 Å². The Balaban J connectivity index is 2.92. The summed E-state index contributed by atoms with van der Waals surface area (Å²) in [6, 6.07) is 5.83. The number of hydrogen-bond acceptors (Lipinski definition) is 1. The molecule has 0 spiro atoms. The highest BCUT2D eigenvalue weighted by atomic mass is 79.9. The molecule has 0 aliphatic carbocycles. The molecule has 0 saturated carbocycles. The molecule has 0 heterocycles. The molecule has 0 aromatic heterocycles. The van der Waals surface area contributed by atoms with Gasteiger partial charge < -0.3 is 4.90 Å². The number of alkyl halides is 1. The highest BCUT2D eigenvalue weighted by Crippen LogP contribution is 2.20. The number of nitrogens with zero attached hydrogens (tertiary/aromatic N) is 1. The van der Waals surface area contributed by atoms with E-state index in [1.165, 1.54) is 0 Å². The number of benzene rings is 1. The molecule has 0 bridgehead atoms. The molecule has 0 aliphatic rings. The molecular weight excluding hydrogens is 346 g/mol. The van der Waals surface area contributed by atoms with Gasteiger partial charge in [-0.3, -0.25) is 4.79 Å². The molecule has 17 heavy (non-hydrogen) atoms. The van der Waals surface area contributed by atoms with Gasteiger partial charge in [-0.15, -0.1) is 0 Å². The summed E-state index contributed by atoms with van der Waals surface area (Å²) in [5.41, 5.74) is 1.89. The van der Waals surface area contributed by atoms with Crippen molar-refractivity contribution in [1.29, 1.82) is 0 Å². The van der Waals surface area contributed by atoms with Gasteiger partial charge in [-0.2, -0.15) is 0 Å². The van der Waals surface area contributed by atoms with Crippen LogP contribution in [0.2, 0.25) is 0 Å². The van der Waals surface area contributed by atoms with Crippen LogP contribution in [0, 0.1) is 6.92 Å². The third-order valence-corrected chi connectivity index (χ3v) is 3.50. The molecule has 1 rings (SSSR count). The third-order valence-electron chi connectivity index (χ3n) is 2.49. The average Bonchev–Trinajstić information content (AvgIpc) is 2.28. The largest absolute Gasteiger partial charge is 0.338 e. The van der Waals surface area contributed by atoms with E-state index in [0.29, 0.717) is 0 Å². The molecule has 94 valence electrons. The van der Waals surface area contributed by atoms with E-state index < -0.39 is 0 Å². The van der Waals surface area contributed by atoms with E-state index in [9.17, 15) is 4.79 Å². The number of amides is 1. The molecule has 0 aliphatic heterocycles. The minimum atomic E-state index is 0.0955.